The minimum absolute atomic E-state index is 0.174. The number of hydrogen-bond donors (Lipinski definition) is 0. The lowest BCUT2D eigenvalue weighted by atomic mass is 10.1. The summed E-state index contributed by atoms with van der Waals surface area (Å²) >= 11 is 3.16. The predicted molar refractivity (Wildman–Crippen MR) is 66.3 cm³/mol. The van der Waals surface area contributed by atoms with Gasteiger partial charge < -0.3 is 4.55 Å². The Morgan fingerprint density at radius 3 is 2.39 bits per heavy atom. The zero-order valence-electron chi connectivity index (χ0n) is 8.66. The highest BCUT2D eigenvalue weighted by molar-refractivity contribution is 9.10. The molecular formula is C10H5BrNO5S-. The smallest absolute Gasteiger partial charge is 0.278 e. The highest BCUT2D eigenvalue weighted by Crippen LogP contribution is 2.35. The van der Waals surface area contributed by atoms with Crippen LogP contribution < -0.4 is 0 Å². The fourth-order valence-corrected chi connectivity index (χ4v) is 2.84. The second-order valence-electron chi connectivity index (χ2n) is 3.46. The summed E-state index contributed by atoms with van der Waals surface area (Å²) in [6.07, 6.45) is 0. The topological polar surface area (TPSA) is 100 Å². The minimum Gasteiger partial charge on any atom is -0.744 e. The highest BCUT2D eigenvalue weighted by Gasteiger charge is 2.19. The summed E-state index contributed by atoms with van der Waals surface area (Å²) in [6, 6.07) is 6.51. The van der Waals surface area contributed by atoms with E-state index in [2.05, 4.69) is 15.9 Å². The molecular weight excluding hydrogens is 326 g/mol. The highest BCUT2D eigenvalue weighted by atomic mass is 79.9. The average Bonchev–Trinajstić information content (AvgIpc) is 2.27. The molecule has 0 atom stereocenters. The summed E-state index contributed by atoms with van der Waals surface area (Å²) in [5, 5.41) is 11.0. The van der Waals surface area contributed by atoms with E-state index < -0.39 is 25.6 Å². The Morgan fingerprint density at radius 2 is 1.83 bits per heavy atom. The molecule has 0 unspecified atom stereocenters. The maximum Gasteiger partial charge on any atom is 0.278 e. The van der Waals surface area contributed by atoms with Crippen molar-refractivity contribution in [1.29, 1.82) is 0 Å². The molecule has 0 aliphatic heterocycles. The number of rotatable bonds is 2. The van der Waals surface area contributed by atoms with Gasteiger partial charge in [-0.2, -0.15) is 0 Å². The number of nitrogens with zero attached hydrogens (tertiary/aromatic N) is 1. The van der Waals surface area contributed by atoms with E-state index in [1.807, 2.05) is 0 Å². The Kier molecular flexibility index (Phi) is 3.09. The Morgan fingerprint density at radius 1 is 1.17 bits per heavy atom. The summed E-state index contributed by atoms with van der Waals surface area (Å²) in [4.78, 5) is 9.59. The van der Waals surface area contributed by atoms with Gasteiger partial charge in [-0.3, -0.25) is 10.1 Å². The molecule has 0 fully saturated rings. The SMILES string of the molecule is O=[N+]([O-])c1cccc2c(Br)ccc(S(=O)(=O)[O-])c12. The van der Waals surface area contributed by atoms with E-state index in [1.165, 1.54) is 18.2 Å². The second-order valence-corrected chi connectivity index (χ2v) is 5.66. The standard InChI is InChI=1S/C10H6BrNO5S/c11-7-4-5-9(18(15,16)17)10-6(7)2-1-3-8(10)12(13)14/h1-5H,(H,15,16,17)/p-1. The Balaban J connectivity index is 3.07. The lowest BCUT2D eigenvalue weighted by molar-refractivity contribution is -0.383. The summed E-state index contributed by atoms with van der Waals surface area (Å²) in [5.74, 6) is 0. The quantitative estimate of drug-likeness (QED) is 0.478. The van der Waals surface area contributed by atoms with Crippen molar-refractivity contribution in [3.63, 3.8) is 0 Å². The number of benzene rings is 2. The van der Waals surface area contributed by atoms with E-state index in [0.29, 0.717) is 9.86 Å². The molecule has 2 aromatic carbocycles. The summed E-state index contributed by atoms with van der Waals surface area (Å²) < 4.78 is 33.9. The van der Waals surface area contributed by atoms with Gasteiger partial charge in [0.1, 0.15) is 10.1 Å². The van der Waals surface area contributed by atoms with E-state index in [-0.39, 0.29) is 5.39 Å². The summed E-state index contributed by atoms with van der Waals surface area (Å²) in [5.41, 5.74) is -0.414. The summed E-state index contributed by atoms with van der Waals surface area (Å²) in [7, 11) is -4.78. The molecule has 0 heterocycles. The fourth-order valence-electron chi connectivity index (χ4n) is 1.68. The molecule has 0 aromatic heterocycles. The first-order chi connectivity index (χ1) is 8.32. The van der Waals surface area contributed by atoms with Gasteiger partial charge in [-0.25, -0.2) is 8.42 Å². The monoisotopic (exact) mass is 330 g/mol. The van der Waals surface area contributed by atoms with Crippen LogP contribution in [0.2, 0.25) is 0 Å². The minimum atomic E-state index is -4.78. The molecule has 0 saturated carbocycles. The molecule has 0 bridgehead atoms. The number of hydrogen-bond acceptors (Lipinski definition) is 5. The number of non-ortho nitro benzene ring substituents is 1. The first-order valence-electron chi connectivity index (χ1n) is 4.64. The van der Waals surface area contributed by atoms with Crippen molar-refractivity contribution in [3.05, 3.63) is 44.9 Å². The van der Waals surface area contributed by atoms with E-state index in [1.54, 1.807) is 0 Å². The van der Waals surface area contributed by atoms with Gasteiger partial charge in [-0.1, -0.05) is 28.1 Å². The van der Waals surface area contributed by atoms with Gasteiger partial charge in [0.25, 0.3) is 5.69 Å². The Bertz CT molecular complexity index is 756. The van der Waals surface area contributed by atoms with Gasteiger partial charge in [0, 0.05) is 15.9 Å². The van der Waals surface area contributed by atoms with Crippen LogP contribution in [0.25, 0.3) is 10.8 Å². The van der Waals surface area contributed by atoms with Crippen LogP contribution in [-0.4, -0.2) is 17.9 Å². The molecule has 18 heavy (non-hydrogen) atoms. The predicted octanol–water partition coefficient (Wildman–Crippen LogP) is 2.41. The van der Waals surface area contributed by atoms with Crippen molar-refractivity contribution in [1.82, 2.24) is 0 Å². The average molecular weight is 331 g/mol. The van der Waals surface area contributed by atoms with Crippen molar-refractivity contribution in [2.75, 3.05) is 0 Å². The van der Waals surface area contributed by atoms with E-state index in [4.69, 9.17) is 0 Å². The Hall–Kier alpha value is -1.51. The van der Waals surface area contributed by atoms with Crippen LogP contribution in [0.5, 0.6) is 0 Å². The molecule has 0 radical (unpaired) electrons. The lowest BCUT2D eigenvalue weighted by Crippen LogP contribution is -2.02. The van der Waals surface area contributed by atoms with Gasteiger partial charge in [0.15, 0.2) is 0 Å². The van der Waals surface area contributed by atoms with Crippen molar-refractivity contribution in [2.24, 2.45) is 0 Å². The molecule has 6 nitrogen and oxygen atoms in total. The van der Waals surface area contributed by atoms with Gasteiger partial charge in [0.2, 0.25) is 0 Å². The van der Waals surface area contributed by atoms with Gasteiger partial charge in [-0.05, 0) is 12.1 Å². The largest absolute Gasteiger partial charge is 0.744 e. The maximum absolute atomic E-state index is 11.1. The second kappa shape index (κ2) is 4.30. The van der Waals surface area contributed by atoms with E-state index in [9.17, 15) is 23.1 Å². The fraction of sp³-hybridized carbons (Fsp3) is 0. The molecule has 0 aliphatic rings. The van der Waals surface area contributed by atoms with Crippen LogP contribution >= 0.6 is 15.9 Å². The molecule has 0 aliphatic carbocycles. The third-order valence-electron chi connectivity index (χ3n) is 2.39. The van der Waals surface area contributed by atoms with Gasteiger partial charge in [-0.15, -0.1) is 0 Å². The van der Waals surface area contributed by atoms with Crippen LogP contribution in [0.3, 0.4) is 0 Å². The van der Waals surface area contributed by atoms with E-state index >= 15 is 0 Å². The summed E-state index contributed by atoms with van der Waals surface area (Å²) in [6.45, 7) is 0. The molecule has 2 rings (SSSR count). The maximum atomic E-state index is 11.1. The molecule has 0 spiro atoms. The third-order valence-corrected chi connectivity index (χ3v) is 3.96. The first-order valence-corrected chi connectivity index (χ1v) is 6.84. The zero-order valence-corrected chi connectivity index (χ0v) is 11.1. The van der Waals surface area contributed by atoms with Crippen molar-refractivity contribution in [3.8, 4) is 0 Å². The van der Waals surface area contributed by atoms with Crippen molar-refractivity contribution >= 4 is 42.5 Å². The van der Waals surface area contributed by atoms with Crippen LogP contribution in [0.15, 0.2) is 39.7 Å². The van der Waals surface area contributed by atoms with Crippen LogP contribution in [0.1, 0.15) is 0 Å². The number of fused-ring (bicyclic) bond motifs is 1. The first kappa shape index (κ1) is 12.9. The molecule has 8 heteroatoms. The van der Waals surface area contributed by atoms with Gasteiger partial charge in [0.05, 0.1) is 15.2 Å². The normalized spacial score (nSPS) is 11.7. The van der Waals surface area contributed by atoms with Gasteiger partial charge >= 0.3 is 0 Å². The van der Waals surface area contributed by atoms with Crippen molar-refractivity contribution < 1.29 is 17.9 Å². The third kappa shape index (κ3) is 2.09. The number of halogens is 1. The molecule has 0 saturated heterocycles. The molecule has 0 amide bonds. The van der Waals surface area contributed by atoms with Crippen LogP contribution in [-0.2, 0) is 10.1 Å². The molecule has 0 N–H and O–H groups in total. The van der Waals surface area contributed by atoms with Crippen LogP contribution in [0, 0.1) is 10.1 Å². The number of nitro groups is 1. The molecule has 2 aromatic rings. The van der Waals surface area contributed by atoms with Crippen molar-refractivity contribution in [2.45, 2.75) is 4.90 Å². The number of nitro benzene ring substituents is 1. The Labute approximate surface area is 110 Å². The zero-order chi connectivity index (χ0) is 13.5. The molecule has 94 valence electrons. The van der Waals surface area contributed by atoms with E-state index in [0.717, 1.165) is 12.1 Å². The lowest BCUT2D eigenvalue weighted by Gasteiger charge is -2.11. The van der Waals surface area contributed by atoms with Crippen LogP contribution in [0.4, 0.5) is 5.69 Å².